The minimum absolute atomic E-state index is 0.458. The molecule has 0 amide bonds. The first-order valence-corrected chi connectivity index (χ1v) is 2.41. The average molecular weight is 168 g/mol. The Kier molecular flexibility index (Phi) is 2.95. The van der Waals surface area contributed by atoms with Gasteiger partial charge in [-0.2, -0.15) is 0 Å². The Morgan fingerprint density at radius 3 is 2.43 bits per heavy atom. The third-order valence-electron chi connectivity index (χ3n) is 0.448. The number of hydrogen-bond acceptors (Lipinski definition) is 3. The molecule has 2 N–H and O–H groups in total. The first-order chi connectivity index (χ1) is 3.18. The Labute approximate surface area is 50.3 Å². The van der Waals surface area contributed by atoms with Crippen LogP contribution in [0.2, 0.25) is 0 Å². The third-order valence-corrected chi connectivity index (χ3v) is 0.767. The summed E-state index contributed by atoms with van der Waals surface area (Å²) in [6.07, 6.45) is 0. The van der Waals surface area contributed by atoms with Crippen molar-refractivity contribution < 1.29 is 8.62 Å². The van der Waals surface area contributed by atoms with Crippen molar-refractivity contribution in [1.29, 1.82) is 0 Å². The van der Waals surface area contributed by atoms with Crippen molar-refractivity contribution >= 4 is 22.2 Å². The Balaban J connectivity index is 3.35. The van der Waals surface area contributed by atoms with Gasteiger partial charge in [-0.25, -0.2) is 4.79 Å². The van der Waals surface area contributed by atoms with Crippen LogP contribution in [0.5, 0.6) is 0 Å². The van der Waals surface area contributed by atoms with E-state index < -0.39 is 12.0 Å². The van der Waals surface area contributed by atoms with Crippen LogP contribution in [0, 0.1) is 0 Å². The number of carbonyl (C=O) groups excluding carboxylic acids is 1. The van der Waals surface area contributed by atoms with Gasteiger partial charge in [-0.3, -0.25) is 0 Å². The first kappa shape index (κ1) is 6.91. The lowest BCUT2D eigenvalue weighted by Crippen LogP contribution is -2.26. The molecule has 42 valence electrons. The Morgan fingerprint density at radius 1 is 2.00 bits per heavy atom. The van der Waals surface area contributed by atoms with E-state index in [9.17, 15) is 4.79 Å². The molecule has 0 spiro atoms. The minimum Gasteiger partial charge on any atom is -0.382 e. The normalized spacial score (nSPS) is 13.0. The zero-order valence-corrected chi connectivity index (χ0v) is 5.44. The van der Waals surface area contributed by atoms with E-state index in [-0.39, 0.29) is 0 Å². The summed E-state index contributed by atoms with van der Waals surface area (Å²) in [5, 5.41) is 0. The summed E-state index contributed by atoms with van der Waals surface area (Å²) >= 11 is 2.49. The molecule has 7 heavy (non-hydrogen) atoms. The number of halogens is 1. The van der Waals surface area contributed by atoms with Gasteiger partial charge in [0.05, 0.1) is 0 Å². The monoisotopic (exact) mass is 167 g/mol. The quantitative estimate of drug-likeness (QED) is 0.607. The van der Waals surface area contributed by atoms with Gasteiger partial charge in [-0.1, -0.05) is 0 Å². The molecular formula is C3H6BrNO2. The molecule has 0 saturated heterocycles. The fourth-order valence-corrected chi connectivity index (χ4v) is 0.365. The van der Waals surface area contributed by atoms with Crippen molar-refractivity contribution in [2.75, 3.05) is 0 Å². The fourth-order valence-electron chi connectivity index (χ4n) is 0.0703. The highest BCUT2D eigenvalue weighted by atomic mass is 79.9. The van der Waals surface area contributed by atoms with E-state index in [1.54, 1.807) is 6.92 Å². The highest BCUT2D eigenvalue weighted by molar-refractivity contribution is 9.06. The lowest BCUT2D eigenvalue weighted by molar-refractivity contribution is -0.133. The van der Waals surface area contributed by atoms with Crippen LogP contribution in [0.15, 0.2) is 0 Å². The van der Waals surface area contributed by atoms with E-state index in [1.807, 2.05) is 0 Å². The van der Waals surface area contributed by atoms with Crippen LogP contribution in [-0.4, -0.2) is 12.0 Å². The fraction of sp³-hybridized carbons (Fsp3) is 0.667. The second-order valence-corrected chi connectivity index (χ2v) is 1.51. The molecule has 0 aliphatic rings. The Morgan fingerprint density at radius 2 is 2.43 bits per heavy atom. The highest BCUT2D eigenvalue weighted by Gasteiger charge is 2.05. The molecule has 4 heteroatoms. The van der Waals surface area contributed by atoms with Gasteiger partial charge in [0.2, 0.25) is 0 Å². The predicted molar refractivity (Wildman–Crippen MR) is 28.7 cm³/mol. The van der Waals surface area contributed by atoms with E-state index in [0.717, 1.165) is 0 Å². The summed E-state index contributed by atoms with van der Waals surface area (Å²) in [4.78, 5) is 10.1. The molecule has 0 aliphatic carbocycles. The van der Waals surface area contributed by atoms with Crippen LogP contribution < -0.4 is 5.73 Å². The number of hydrogen-bond donors (Lipinski definition) is 1. The van der Waals surface area contributed by atoms with Gasteiger partial charge >= 0.3 is 5.97 Å². The molecule has 0 aliphatic heterocycles. The SMILES string of the molecule is CC(N)C(=O)OBr. The highest BCUT2D eigenvalue weighted by Crippen LogP contribution is 1.87. The molecule has 0 heterocycles. The molecule has 0 aromatic carbocycles. The van der Waals surface area contributed by atoms with Crippen molar-refractivity contribution in [2.24, 2.45) is 5.73 Å². The van der Waals surface area contributed by atoms with Gasteiger partial charge < -0.3 is 9.56 Å². The number of rotatable bonds is 1. The standard InChI is InChI=1S/C3H6BrNO2/c1-2(5)3(6)7-4/h2H,5H2,1H3. The number of nitrogens with two attached hydrogens (primary N) is 1. The maximum atomic E-state index is 10.1. The van der Waals surface area contributed by atoms with Crippen LogP contribution >= 0.6 is 16.3 Å². The molecular weight excluding hydrogens is 162 g/mol. The average Bonchev–Trinajstić information content (AvgIpc) is 1.65. The molecule has 0 aromatic rings. The van der Waals surface area contributed by atoms with E-state index >= 15 is 0 Å². The molecule has 0 aromatic heterocycles. The molecule has 0 bridgehead atoms. The summed E-state index contributed by atoms with van der Waals surface area (Å²) in [5.41, 5.74) is 5.04. The molecule has 0 radical (unpaired) electrons. The number of carbonyl (C=O) groups is 1. The first-order valence-electron chi connectivity index (χ1n) is 1.76. The van der Waals surface area contributed by atoms with E-state index in [1.165, 1.54) is 0 Å². The predicted octanol–water partition coefficient (Wildman–Crippen LogP) is 0.187. The lowest BCUT2D eigenvalue weighted by Gasteiger charge is -1.95. The topological polar surface area (TPSA) is 52.3 Å². The molecule has 0 saturated carbocycles. The Bertz CT molecular complexity index is 73.3. The van der Waals surface area contributed by atoms with Gasteiger partial charge in [-0.05, 0) is 6.92 Å². The van der Waals surface area contributed by atoms with Crippen molar-refractivity contribution in [3.8, 4) is 0 Å². The van der Waals surface area contributed by atoms with Crippen LogP contribution in [0.25, 0.3) is 0 Å². The molecule has 1 unspecified atom stereocenters. The molecule has 0 fully saturated rings. The largest absolute Gasteiger partial charge is 0.382 e. The third kappa shape index (κ3) is 2.59. The van der Waals surface area contributed by atoms with Crippen LogP contribution in [0.1, 0.15) is 6.92 Å². The smallest absolute Gasteiger partial charge is 0.334 e. The Hall–Kier alpha value is -0.0900. The maximum absolute atomic E-state index is 10.1. The van der Waals surface area contributed by atoms with Gasteiger partial charge in [0, 0.05) is 0 Å². The summed E-state index contributed by atoms with van der Waals surface area (Å²) < 4.78 is 4.06. The van der Waals surface area contributed by atoms with E-state index in [2.05, 4.69) is 20.1 Å². The van der Waals surface area contributed by atoms with Crippen LogP contribution in [0.4, 0.5) is 0 Å². The van der Waals surface area contributed by atoms with Crippen molar-refractivity contribution in [3.63, 3.8) is 0 Å². The van der Waals surface area contributed by atoms with Crippen molar-refractivity contribution in [1.82, 2.24) is 0 Å². The van der Waals surface area contributed by atoms with E-state index in [4.69, 9.17) is 5.73 Å². The second-order valence-electron chi connectivity index (χ2n) is 1.18. The van der Waals surface area contributed by atoms with Crippen molar-refractivity contribution in [2.45, 2.75) is 13.0 Å². The summed E-state index contributed by atoms with van der Waals surface area (Å²) in [6.45, 7) is 1.55. The minimum atomic E-state index is -0.542. The molecule has 1 atom stereocenters. The summed E-state index contributed by atoms with van der Waals surface area (Å²) in [5.74, 6) is -0.458. The molecule has 3 nitrogen and oxygen atoms in total. The van der Waals surface area contributed by atoms with Gasteiger partial charge in [-0.15, -0.1) is 0 Å². The summed E-state index contributed by atoms with van der Waals surface area (Å²) in [6, 6.07) is -0.542. The van der Waals surface area contributed by atoms with Gasteiger partial charge in [0.15, 0.2) is 16.3 Å². The zero-order chi connectivity index (χ0) is 5.86. The summed E-state index contributed by atoms with van der Waals surface area (Å²) in [7, 11) is 0. The zero-order valence-electron chi connectivity index (χ0n) is 3.85. The van der Waals surface area contributed by atoms with E-state index in [0.29, 0.717) is 0 Å². The lowest BCUT2D eigenvalue weighted by atomic mass is 10.4. The maximum Gasteiger partial charge on any atom is 0.334 e. The second kappa shape index (κ2) is 2.98. The van der Waals surface area contributed by atoms with Gasteiger partial charge in [0.1, 0.15) is 6.04 Å². The van der Waals surface area contributed by atoms with Gasteiger partial charge in [0.25, 0.3) is 0 Å². The van der Waals surface area contributed by atoms with Crippen LogP contribution in [0.3, 0.4) is 0 Å². The molecule has 0 rings (SSSR count). The van der Waals surface area contributed by atoms with Crippen LogP contribution in [-0.2, 0) is 8.62 Å². The van der Waals surface area contributed by atoms with Crippen molar-refractivity contribution in [3.05, 3.63) is 0 Å².